The standard InChI is InChI=1S/C10H16N2O4S2.ClH/c1-6-5-17-8(10(13)16-3)9(6)18(14,15)12-7(2)4-11;/h5,7,12H,4,11H2,1-3H3;1H/t7-;/m1./s1. The largest absolute Gasteiger partial charge is 0.465 e. The number of carbonyl (C=O) groups excluding carboxylic acids is 1. The number of methoxy groups -OCH3 is 1. The quantitative estimate of drug-likeness (QED) is 0.782. The Morgan fingerprint density at radius 1 is 1.58 bits per heavy atom. The van der Waals surface area contributed by atoms with Crippen LogP contribution in [-0.2, 0) is 14.8 Å². The van der Waals surface area contributed by atoms with Crippen LogP contribution in [-0.4, -0.2) is 34.1 Å². The topological polar surface area (TPSA) is 98.5 Å². The number of hydrogen-bond acceptors (Lipinski definition) is 6. The second kappa shape index (κ2) is 7.20. The van der Waals surface area contributed by atoms with Crippen LogP contribution in [0.1, 0.15) is 22.2 Å². The summed E-state index contributed by atoms with van der Waals surface area (Å²) in [6, 6.07) is -0.403. The van der Waals surface area contributed by atoms with Crippen LogP contribution in [0.25, 0.3) is 0 Å². The minimum Gasteiger partial charge on any atom is -0.465 e. The van der Waals surface area contributed by atoms with E-state index in [4.69, 9.17) is 5.73 Å². The van der Waals surface area contributed by atoms with Gasteiger partial charge in [-0.1, -0.05) is 0 Å². The van der Waals surface area contributed by atoms with Crippen molar-refractivity contribution in [3.8, 4) is 0 Å². The molecule has 1 aromatic heterocycles. The number of hydrogen-bond donors (Lipinski definition) is 2. The summed E-state index contributed by atoms with van der Waals surface area (Å²) in [4.78, 5) is 11.6. The smallest absolute Gasteiger partial charge is 0.349 e. The summed E-state index contributed by atoms with van der Waals surface area (Å²) in [7, 11) is -2.55. The Bertz CT molecular complexity index is 542. The van der Waals surface area contributed by atoms with E-state index >= 15 is 0 Å². The van der Waals surface area contributed by atoms with Crippen molar-refractivity contribution in [2.45, 2.75) is 24.8 Å². The normalized spacial score (nSPS) is 12.6. The van der Waals surface area contributed by atoms with E-state index in [2.05, 4.69) is 9.46 Å². The number of thiophene rings is 1. The van der Waals surface area contributed by atoms with Gasteiger partial charge < -0.3 is 10.5 Å². The average molecular weight is 329 g/mol. The van der Waals surface area contributed by atoms with Crippen molar-refractivity contribution < 1.29 is 17.9 Å². The molecule has 0 saturated heterocycles. The zero-order valence-corrected chi connectivity index (χ0v) is 13.2. The molecule has 1 atom stereocenters. The lowest BCUT2D eigenvalue weighted by atomic mass is 10.3. The van der Waals surface area contributed by atoms with Gasteiger partial charge in [-0.2, -0.15) is 0 Å². The number of nitrogens with one attached hydrogen (secondary N) is 1. The second-order valence-corrected chi connectivity index (χ2v) is 6.36. The van der Waals surface area contributed by atoms with Gasteiger partial charge in [0.05, 0.1) is 7.11 Å². The van der Waals surface area contributed by atoms with E-state index in [0.29, 0.717) is 5.56 Å². The van der Waals surface area contributed by atoms with Gasteiger partial charge in [0.25, 0.3) is 0 Å². The summed E-state index contributed by atoms with van der Waals surface area (Å²) in [6.45, 7) is 3.46. The van der Waals surface area contributed by atoms with Gasteiger partial charge >= 0.3 is 5.97 Å². The highest BCUT2D eigenvalue weighted by Crippen LogP contribution is 2.27. The Hall–Kier alpha value is -0.670. The Balaban J connectivity index is 0.00000324. The SMILES string of the molecule is COC(=O)c1scc(C)c1S(=O)(=O)N[C@H](C)CN.Cl. The van der Waals surface area contributed by atoms with Crippen LogP contribution >= 0.6 is 23.7 Å². The van der Waals surface area contributed by atoms with E-state index in [-0.39, 0.29) is 28.7 Å². The highest BCUT2D eigenvalue weighted by Gasteiger charge is 2.28. The maximum absolute atomic E-state index is 12.2. The number of rotatable bonds is 5. The second-order valence-electron chi connectivity index (χ2n) is 3.83. The number of carbonyl (C=O) groups is 1. The lowest BCUT2D eigenvalue weighted by Gasteiger charge is -2.12. The van der Waals surface area contributed by atoms with E-state index in [1.54, 1.807) is 19.2 Å². The fourth-order valence-corrected chi connectivity index (χ4v) is 4.33. The molecule has 0 fully saturated rings. The molecule has 6 nitrogen and oxygen atoms in total. The van der Waals surface area contributed by atoms with Crippen LogP contribution in [0.4, 0.5) is 0 Å². The minimum absolute atomic E-state index is 0. The van der Waals surface area contributed by atoms with Crippen LogP contribution in [0, 0.1) is 6.92 Å². The molecule has 0 amide bonds. The van der Waals surface area contributed by atoms with E-state index in [1.807, 2.05) is 0 Å². The van der Waals surface area contributed by atoms with E-state index < -0.39 is 22.0 Å². The molecule has 3 N–H and O–H groups in total. The average Bonchev–Trinajstić information content (AvgIpc) is 2.70. The summed E-state index contributed by atoms with van der Waals surface area (Å²) >= 11 is 1.05. The fourth-order valence-electron chi connectivity index (χ4n) is 1.37. The molecule has 0 aromatic carbocycles. The Kier molecular flexibility index (Phi) is 6.95. The lowest BCUT2D eigenvalue weighted by Crippen LogP contribution is -2.38. The summed E-state index contributed by atoms with van der Waals surface area (Å²) in [5.74, 6) is -0.658. The first kappa shape index (κ1) is 18.3. The molecule has 1 rings (SSSR count). The van der Waals surface area contributed by atoms with Crippen LogP contribution < -0.4 is 10.5 Å². The Morgan fingerprint density at radius 2 is 2.16 bits per heavy atom. The van der Waals surface area contributed by atoms with Gasteiger partial charge in [0, 0.05) is 12.6 Å². The van der Waals surface area contributed by atoms with E-state index in [1.165, 1.54) is 7.11 Å². The highest BCUT2D eigenvalue weighted by atomic mass is 35.5. The lowest BCUT2D eigenvalue weighted by molar-refractivity contribution is 0.0602. The summed E-state index contributed by atoms with van der Waals surface area (Å²) in [6.07, 6.45) is 0. The molecular formula is C10H17ClN2O4S2. The molecular weight excluding hydrogens is 312 g/mol. The molecule has 19 heavy (non-hydrogen) atoms. The van der Waals surface area contributed by atoms with Gasteiger partial charge in [0.15, 0.2) is 0 Å². The van der Waals surface area contributed by atoms with E-state index in [0.717, 1.165) is 11.3 Å². The van der Waals surface area contributed by atoms with Crippen molar-refractivity contribution in [1.82, 2.24) is 4.72 Å². The molecule has 1 heterocycles. The molecule has 110 valence electrons. The minimum atomic E-state index is -3.77. The molecule has 0 saturated carbocycles. The Labute approximate surface area is 122 Å². The Morgan fingerprint density at radius 3 is 2.63 bits per heavy atom. The molecule has 0 radical (unpaired) electrons. The van der Waals surface area contributed by atoms with Gasteiger partial charge in [0.1, 0.15) is 9.77 Å². The molecule has 1 aromatic rings. The fraction of sp³-hybridized carbons (Fsp3) is 0.500. The number of esters is 1. The number of aryl methyl sites for hydroxylation is 1. The molecule has 9 heteroatoms. The third kappa shape index (κ3) is 4.15. The van der Waals surface area contributed by atoms with Crippen molar-refractivity contribution in [3.05, 3.63) is 15.8 Å². The third-order valence-electron chi connectivity index (χ3n) is 2.27. The first-order chi connectivity index (χ1) is 8.33. The van der Waals surface area contributed by atoms with Crippen LogP contribution in [0.3, 0.4) is 0 Å². The number of ether oxygens (including phenoxy) is 1. The van der Waals surface area contributed by atoms with Crippen molar-refractivity contribution >= 4 is 39.7 Å². The maximum atomic E-state index is 12.2. The van der Waals surface area contributed by atoms with Crippen LogP contribution in [0.5, 0.6) is 0 Å². The van der Waals surface area contributed by atoms with Crippen molar-refractivity contribution in [2.24, 2.45) is 5.73 Å². The molecule has 0 aliphatic carbocycles. The summed E-state index contributed by atoms with van der Waals surface area (Å²) < 4.78 is 31.3. The van der Waals surface area contributed by atoms with Gasteiger partial charge in [0.2, 0.25) is 10.0 Å². The van der Waals surface area contributed by atoms with Crippen LogP contribution in [0.2, 0.25) is 0 Å². The predicted molar refractivity (Wildman–Crippen MR) is 76.5 cm³/mol. The number of halogens is 1. The molecule has 0 bridgehead atoms. The predicted octanol–water partition coefficient (Wildman–Crippen LogP) is 0.890. The maximum Gasteiger partial charge on any atom is 0.349 e. The monoisotopic (exact) mass is 328 g/mol. The van der Waals surface area contributed by atoms with Gasteiger partial charge in [-0.25, -0.2) is 17.9 Å². The first-order valence-electron chi connectivity index (χ1n) is 5.22. The van der Waals surface area contributed by atoms with Crippen molar-refractivity contribution in [1.29, 1.82) is 0 Å². The molecule has 0 unspecified atom stereocenters. The highest BCUT2D eigenvalue weighted by molar-refractivity contribution is 7.89. The number of nitrogens with two attached hydrogens (primary N) is 1. The summed E-state index contributed by atoms with van der Waals surface area (Å²) in [5, 5.41) is 1.61. The van der Waals surface area contributed by atoms with E-state index in [9.17, 15) is 13.2 Å². The molecule has 0 aliphatic rings. The molecule has 0 spiro atoms. The summed E-state index contributed by atoms with van der Waals surface area (Å²) in [5.41, 5.74) is 5.89. The van der Waals surface area contributed by atoms with Gasteiger partial charge in [-0.3, -0.25) is 0 Å². The van der Waals surface area contributed by atoms with Crippen molar-refractivity contribution in [2.75, 3.05) is 13.7 Å². The van der Waals surface area contributed by atoms with Gasteiger partial charge in [-0.05, 0) is 24.8 Å². The van der Waals surface area contributed by atoms with Crippen molar-refractivity contribution in [3.63, 3.8) is 0 Å². The third-order valence-corrected chi connectivity index (χ3v) is 5.25. The zero-order chi connectivity index (χ0) is 13.9. The molecule has 0 aliphatic heterocycles. The van der Waals surface area contributed by atoms with Crippen LogP contribution in [0.15, 0.2) is 10.3 Å². The van der Waals surface area contributed by atoms with Gasteiger partial charge in [-0.15, -0.1) is 23.7 Å². The number of sulfonamides is 1. The first-order valence-corrected chi connectivity index (χ1v) is 7.58. The zero-order valence-electron chi connectivity index (χ0n) is 10.8.